The monoisotopic (exact) mass is 442 g/mol. The van der Waals surface area contributed by atoms with Crippen LogP contribution in [0.25, 0.3) is 10.9 Å². The third kappa shape index (κ3) is 3.22. The zero-order valence-electron chi connectivity index (χ0n) is 16.2. The number of nitrogens with zero attached hydrogens (tertiary/aromatic N) is 4. The van der Waals surface area contributed by atoms with Crippen molar-refractivity contribution < 1.29 is 17.5 Å². The third-order valence-electron chi connectivity index (χ3n) is 6.29. The van der Waals surface area contributed by atoms with Gasteiger partial charge >= 0.3 is 0 Å². The molecule has 2 aromatic rings. The second kappa shape index (κ2) is 7.08. The lowest BCUT2D eigenvalue weighted by Crippen LogP contribution is -2.55. The van der Waals surface area contributed by atoms with E-state index in [1.807, 2.05) is 4.90 Å². The summed E-state index contributed by atoms with van der Waals surface area (Å²) in [5.41, 5.74) is 1.08. The molecule has 0 spiro atoms. The predicted molar refractivity (Wildman–Crippen MR) is 109 cm³/mol. The van der Waals surface area contributed by atoms with Crippen LogP contribution in [0.1, 0.15) is 38.3 Å². The highest BCUT2D eigenvalue weighted by Gasteiger charge is 2.45. The molecule has 1 aromatic heterocycles. The average Bonchev–Trinajstić information content (AvgIpc) is 3.22. The van der Waals surface area contributed by atoms with Gasteiger partial charge in [0.1, 0.15) is 5.69 Å². The number of ether oxygens (including phenoxy) is 1. The Morgan fingerprint density at radius 2 is 1.93 bits per heavy atom. The molecule has 3 unspecified atom stereocenters. The van der Waals surface area contributed by atoms with Crippen LogP contribution >= 0.6 is 11.6 Å². The molecule has 2 bridgehead atoms. The van der Waals surface area contributed by atoms with Crippen molar-refractivity contribution in [1.82, 2.24) is 14.1 Å². The number of aromatic nitrogens is 2. The number of hydrogen-bond acceptors (Lipinski definition) is 5. The van der Waals surface area contributed by atoms with Crippen molar-refractivity contribution in [2.45, 2.75) is 50.4 Å². The highest BCUT2D eigenvalue weighted by molar-refractivity contribution is 7.88. The molecule has 1 aromatic carbocycles. The summed E-state index contributed by atoms with van der Waals surface area (Å²) in [5.74, 6) is -0.482. The topological polar surface area (TPSA) is 67.7 Å². The summed E-state index contributed by atoms with van der Waals surface area (Å²) in [6, 6.07) is 1.29. The van der Waals surface area contributed by atoms with Gasteiger partial charge in [0.25, 0.3) is 0 Å². The lowest BCUT2D eigenvalue weighted by atomic mass is 10.1. The molecular formula is C19H24ClFN4O3S. The van der Waals surface area contributed by atoms with E-state index in [4.69, 9.17) is 16.3 Å². The van der Waals surface area contributed by atoms with Crippen LogP contribution in [0.3, 0.4) is 0 Å². The summed E-state index contributed by atoms with van der Waals surface area (Å²) >= 11 is 6.22. The van der Waals surface area contributed by atoms with Gasteiger partial charge in [-0.1, -0.05) is 11.6 Å². The minimum atomic E-state index is -3.29. The number of sulfonamides is 1. The fourth-order valence-electron chi connectivity index (χ4n) is 5.16. The average molecular weight is 443 g/mol. The standard InChI is InChI=1S/C19H24ClFN4O3S/c1-29(26,27)25-13-5-6-14(25)11-23(10-13)19-17(21)15(20)8-12-9-22-24(18(12)19)16-4-2-3-7-28-16/h8-9,13-14,16H,2-7,10-11H2,1H3. The van der Waals surface area contributed by atoms with Crippen molar-refractivity contribution in [3.05, 3.63) is 23.1 Å². The molecule has 3 fully saturated rings. The Labute approximate surface area is 174 Å². The summed E-state index contributed by atoms with van der Waals surface area (Å²) in [7, 11) is -3.29. The van der Waals surface area contributed by atoms with E-state index in [1.165, 1.54) is 6.26 Å². The van der Waals surface area contributed by atoms with Crippen LogP contribution in [0.2, 0.25) is 5.02 Å². The summed E-state index contributed by atoms with van der Waals surface area (Å²) in [4.78, 5) is 1.95. The first-order valence-corrected chi connectivity index (χ1v) is 12.3. The molecule has 4 heterocycles. The van der Waals surface area contributed by atoms with Gasteiger partial charge in [-0.05, 0) is 38.2 Å². The van der Waals surface area contributed by atoms with Gasteiger partial charge < -0.3 is 9.64 Å². The van der Waals surface area contributed by atoms with Gasteiger partial charge in [-0.2, -0.15) is 9.40 Å². The molecule has 7 nitrogen and oxygen atoms in total. The molecule has 0 aliphatic carbocycles. The zero-order valence-corrected chi connectivity index (χ0v) is 17.8. The Morgan fingerprint density at radius 1 is 1.21 bits per heavy atom. The lowest BCUT2D eigenvalue weighted by Gasteiger charge is -2.41. The molecule has 158 valence electrons. The van der Waals surface area contributed by atoms with E-state index in [0.717, 1.165) is 37.5 Å². The minimum absolute atomic E-state index is 0.0505. The summed E-state index contributed by atoms with van der Waals surface area (Å²) in [6.07, 6.45) is 7.16. The molecule has 0 amide bonds. The maximum absolute atomic E-state index is 15.4. The van der Waals surface area contributed by atoms with E-state index in [2.05, 4.69) is 5.10 Å². The van der Waals surface area contributed by atoms with Crippen LogP contribution in [-0.2, 0) is 14.8 Å². The van der Waals surface area contributed by atoms with E-state index in [1.54, 1.807) is 21.3 Å². The molecule has 5 rings (SSSR count). The van der Waals surface area contributed by atoms with Gasteiger partial charge in [-0.3, -0.25) is 0 Å². The van der Waals surface area contributed by atoms with E-state index < -0.39 is 15.8 Å². The first-order chi connectivity index (χ1) is 13.8. The number of benzene rings is 1. The smallest absolute Gasteiger partial charge is 0.211 e. The second-order valence-corrected chi connectivity index (χ2v) is 10.5. The SMILES string of the molecule is CS(=O)(=O)N1C2CCC1CN(c1c(F)c(Cl)cc3cnn(C4CCCCO4)c13)C2. The molecule has 0 saturated carbocycles. The van der Waals surface area contributed by atoms with Crippen LogP contribution in [0.15, 0.2) is 12.3 Å². The van der Waals surface area contributed by atoms with Crippen LogP contribution in [-0.4, -0.2) is 60.5 Å². The van der Waals surface area contributed by atoms with Gasteiger partial charge in [-0.25, -0.2) is 17.5 Å². The molecular weight excluding hydrogens is 419 g/mol. The zero-order chi connectivity index (χ0) is 20.3. The van der Waals surface area contributed by atoms with E-state index in [0.29, 0.717) is 30.9 Å². The summed E-state index contributed by atoms with van der Waals surface area (Å²) < 4.78 is 49.1. The van der Waals surface area contributed by atoms with E-state index >= 15 is 4.39 Å². The molecule has 0 radical (unpaired) electrons. The number of piperazine rings is 1. The van der Waals surface area contributed by atoms with Crippen molar-refractivity contribution in [2.24, 2.45) is 0 Å². The van der Waals surface area contributed by atoms with Crippen LogP contribution in [0.5, 0.6) is 0 Å². The molecule has 3 saturated heterocycles. The van der Waals surface area contributed by atoms with Crippen LogP contribution in [0.4, 0.5) is 10.1 Å². The van der Waals surface area contributed by atoms with E-state index in [9.17, 15) is 8.42 Å². The molecule has 3 aliphatic rings. The van der Waals surface area contributed by atoms with Gasteiger partial charge in [0.15, 0.2) is 12.0 Å². The fraction of sp³-hybridized carbons (Fsp3) is 0.632. The van der Waals surface area contributed by atoms with E-state index in [-0.39, 0.29) is 23.3 Å². The minimum Gasteiger partial charge on any atom is -0.364 e. The molecule has 10 heteroatoms. The van der Waals surface area contributed by atoms with Crippen LogP contribution < -0.4 is 4.90 Å². The largest absolute Gasteiger partial charge is 0.364 e. The van der Waals surface area contributed by atoms with Gasteiger partial charge in [0.05, 0.1) is 23.0 Å². The number of fused-ring (bicyclic) bond motifs is 3. The number of rotatable bonds is 3. The molecule has 29 heavy (non-hydrogen) atoms. The normalized spacial score (nSPS) is 28.4. The number of halogens is 2. The Morgan fingerprint density at radius 3 is 2.55 bits per heavy atom. The van der Waals surface area contributed by atoms with Crippen molar-refractivity contribution in [2.75, 3.05) is 30.9 Å². The second-order valence-electron chi connectivity index (χ2n) is 8.25. The lowest BCUT2D eigenvalue weighted by molar-refractivity contribution is -0.0366. The maximum atomic E-state index is 15.4. The van der Waals surface area contributed by atoms with Crippen molar-refractivity contribution >= 4 is 38.2 Å². The quantitative estimate of drug-likeness (QED) is 0.730. The number of hydrogen-bond donors (Lipinski definition) is 0. The first kappa shape index (κ1) is 19.5. The van der Waals surface area contributed by atoms with Gasteiger partial charge in [0.2, 0.25) is 10.0 Å². The highest BCUT2D eigenvalue weighted by Crippen LogP contribution is 2.41. The van der Waals surface area contributed by atoms with Gasteiger partial charge in [0, 0.05) is 37.2 Å². The Hall–Kier alpha value is -1.42. The molecule has 3 atom stereocenters. The third-order valence-corrected chi connectivity index (χ3v) is 7.93. The summed E-state index contributed by atoms with van der Waals surface area (Å²) in [5, 5.41) is 5.31. The first-order valence-electron chi connectivity index (χ1n) is 10.0. The highest BCUT2D eigenvalue weighted by atomic mass is 35.5. The number of anilines is 1. The Balaban J connectivity index is 1.60. The van der Waals surface area contributed by atoms with Crippen molar-refractivity contribution in [3.8, 4) is 0 Å². The Kier molecular flexibility index (Phi) is 4.77. The molecule has 3 aliphatic heterocycles. The van der Waals surface area contributed by atoms with Gasteiger partial charge in [-0.15, -0.1) is 0 Å². The van der Waals surface area contributed by atoms with Crippen LogP contribution in [0, 0.1) is 5.82 Å². The van der Waals surface area contributed by atoms with Crippen molar-refractivity contribution in [1.29, 1.82) is 0 Å². The molecule has 0 N–H and O–H groups in total. The fourth-order valence-corrected chi connectivity index (χ4v) is 6.79. The summed E-state index contributed by atoms with van der Waals surface area (Å²) in [6.45, 7) is 1.54. The Bertz CT molecular complexity index is 1040. The maximum Gasteiger partial charge on any atom is 0.211 e. The predicted octanol–water partition coefficient (Wildman–Crippen LogP) is 3.14. The van der Waals surface area contributed by atoms with Crippen molar-refractivity contribution in [3.63, 3.8) is 0 Å².